The van der Waals surface area contributed by atoms with E-state index in [1.165, 1.54) is 12.1 Å². The fourth-order valence-corrected chi connectivity index (χ4v) is 4.63. The molecule has 158 valence electrons. The molecule has 0 aromatic heterocycles. The van der Waals surface area contributed by atoms with Gasteiger partial charge >= 0.3 is 0 Å². The molecule has 1 aliphatic heterocycles. The van der Waals surface area contributed by atoms with E-state index in [9.17, 15) is 22.8 Å². The Kier molecular flexibility index (Phi) is 6.21. The van der Waals surface area contributed by atoms with Gasteiger partial charge in [0.25, 0.3) is 21.8 Å². The Morgan fingerprint density at radius 3 is 2.43 bits per heavy atom. The van der Waals surface area contributed by atoms with Crippen molar-refractivity contribution in [2.24, 2.45) is 0 Å². The molecule has 0 unspecified atom stereocenters. The molecule has 2 aromatic carbocycles. The predicted octanol–water partition coefficient (Wildman–Crippen LogP) is 2.39. The molecule has 2 aromatic rings. The maximum Gasteiger partial charge on any atom is 0.269 e. The smallest absolute Gasteiger partial charge is 0.269 e. The Morgan fingerprint density at radius 1 is 1.07 bits per heavy atom. The number of rotatable bonds is 7. The molecule has 0 saturated carbocycles. The summed E-state index contributed by atoms with van der Waals surface area (Å²) in [5.74, 6) is -1.46. The van der Waals surface area contributed by atoms with Crippen molar-refractivity contribution in [2.45, 2.75) is 37.6 Å². The lowest BCUT2D eigenvalue weighted by Gasteiger charge is -2.16. The lowest BCUT2D eigenvalue weighted by atomic mass is 10.1. The molecular weight excluding hydrogens is 406 g/mol. The molecular formula is C21H23N3O5S. The number of carbonyl (C=O) groups is 3. The molecule has 1 heterocycles. The van der Waals surface area contributed by atoms with Gasteiger partial charge in [-0.05, 0) is 37.6 Å². The number of hydrogen-bond acceptors (Lipinski definition) is 5. The number of nitrogens with one attached hydrogen (secondary N) is 2. The van der Waals surface area contributed by atoms with Crippen molar-refractivity contribution >= 4 is 33.4 Å². The van der Waals surface area contributed by atoms with Crippen molar-refractivity contribution in [3.05, 3.63) is 59.7 Å². The van der Waals surface area contributed by atoms with Gasteiger partial charge in [-0.25, -0.2) is 12.7 Å². The van der Waals surface area contributed by atoms with Crippen molar-refractivity contribution in [2.75, 3.05) is 11.9 Å². The van der Waals surface area contributed by atoms with Crippen molar-refractivity contribution < 1.29 is 22.8 Å². The highest BCUT2D eigenvalue weighted by Crippen LogP contribution is 2.30. The molecule has 1 aliphatic rings. The Hall–Kier alpha value is -3.20. The molecule has 8 nitrogen and oxygen atoms in total. The summed E-state index contributed by atoms with van der Waals surface area (Å²) >= 11 is 0. The molecule has 0 spiro atoms. The highest BCUT2D eigenvalue weighted by Gasteiger charge is 2.40. The second-order valence-corrected chi connectivity index (χ2v) is 8.84. The van der Waals surface area contributed by atoms with Crippen molar-refractivity contribution in [3.63, 3.8) is 0 Å². The molecule has 2 N–H and O–H groups in total. The second kappa shape index (κ2) is 8.66. The van der Waals surface area contributed by atoms with Crippen molar-refractivity contribution in [1.82, 2.24) is 9.62 Å². The van der Waals surface area contributed by atoms with Crippen LogP contribution in [-0.2, 0) is 14.8 Å². The van der Waals surface area contributed by atoms with E-state index in [0.29, 0.717) is 15.6 Å². The average Bonchev–Trinajstić information content (AvgIpc) is 2.92. The van der Waals surface area contributed by atoms with Gasteiger partial charge < -0.3 is 10.6 Å². The second-order valence-electron chi connectivity index (χ2n) is 7.01. The molecule has 1 atom stereocenters. The van der Waals surface area contributed by atoms with E-state index in [-0.39, 0.29) is 35.4 Å². The topological polar surface area (TPSA) is 113 Å². The first-order valence-corrected chi connectivity index (χ1v) is 11.1. The van der Waals surface area contributed by atoms with Gasteiger partial charge in [-0.15, -0.1) is 0 Å². The summed E-state index contributed by atoms with van der Waals surface area (Å²) in [6.45, 7) is 3.54. The Labute approximate surface area is 175 Å². The van der Waals surface area contributed by atoms with Crippen molar-refractivity contribution in [1.29, 1.82) is 0 Å². The molecule has 0 aliphatic carbocycles. The summed E-state index contributed by atoms with van der Waals surface area (Å²) in [5, 5.41) is 5.48. The van der Waals surface area contributed by atoms with Gasteiger partial charge in [-0.1, -0.05) is 31.2 Å². The van der Waals surface area contributed by atoms with Crippen LogP contribution in [0.4, 0.5) is 5.69 Å². The van der Waals surface area contributed by atoms with Gasteiger partial charge in [0.2, 0.25) is 5.91 Å². The molecule has 9 heteroatoms. The van der Waals surface area contributed by atoms with E-state index in [0.717, 1.165) is 6.42 Å². The number of hydrogen-bond donors (Lipinski definition) is 2. The minimum absolute atomic E-state index is 0.0192. The largest absolute Gasteiger partial charge is 0.350 e. The summed E-state index contributed by atoms with van der Waals surface area (Å²) in [4.78, 5) is 37.2. The zero-order chi connectivity index (χ0) is 21.9. The van der Waals surface area contributed by atoms with Crippen LogP contribution >= 0.6 is 0 Å². The zero-order valence-corrected chi connectivity index (χ0v) is 17.5. The molecule has 3 rings (SSSR count). The third kappa shape index (κ3) is 4.20. The molecule has 0 radical (unpaired) electrons. The van der Waals surface area contributed by atoms with Crippen LogP contribution < -0.4 is 10.6 Å². The van der Waals surface area contributed by atoms with Gasteiger partial charge in [0.15, 0.2) is 0 Å². The van der Waals surface area contributed by atoms with E-state index >= 15 is 0 Å². The van der Waals surface area contributed by atoms with Crippen LogP contribution in [-0.4, -0.2) is 43.0 Å². The first kappa shape index (κ1) is 21.5. The molecule has 3 amide bonds. The van der Waals surface area contributed by atoms with Crippen LogP contribution in [0.3, 0.4) is 0 Å². The Bertz CT molecular complexity index is 1100. The standard InChI is InChI=1S/C21H23N3O5S/c1-3-14(2)22-20(26)15-8-4-6-10-17(15)23-19(25)12-13-24-21(27)16-9-5-7-11-18(16)30(24,28)29/h4-11,14H,3,12-13H2,1-2H3,(H,22,26)(H,23,25)/t14-/m0/s1. The van der Waals surface area contributed by atoms with Crippen LogP contribution in [0.2, 0.25) is 0 Å². The maximum atomic E-state index is 12.6. The highest BCUT2D eigenvalue weighted by molar-refractivity contribution is 7.90. The summed E-state index contributed by atoms with van der Waals surface area (Å²) in [7, 11) is -3.96. The third-order valence-corrected chi connectivity index (χ3v) is 6.73. The number of anilines is 1. The first-order chi connectivity index (χ1) is 14.3. The van der Waals surface area contributed by atoms with Crippen LogP contribution in [0.1, 0.15) is 47.4 Å². The highest BCUT2D eigenvalue weighted by atomic mass is 32.2. The zero-order valence-electron chi connectivity index (χ0n) is 16.7. The number of fused-ring (bicyclic) bond motifs is 1. The summed E-state index contributed by atoms with van der Waals surface area (Å²) in [6.07, 6.45) is 0.529. The van der Waals surface area contributed by atoms with Gasteiger partial charge in [0.05, 0.1) is 16.8 Å². The minimum Gasteiger partial charge on any atom is -0.350 e. The number of carbonyl (C=O) groups excluding carboxylic acids is 3. The molecule has 0 saturated heterocycles. The summed E-state index contributed by atoms with van der Waals surface area (Å²) in [5.41, 5.74) is 0.732. The SMILES string of the molecule is CC[C@H](C)NC(=O)c1ccccc1NC(=O)CCN1C(=O)c2ccccc2S1(=O)=O. The van der Waals surface area contributed by atoms with Crippen LogP contribution in [0.25, 0.3) is 0 Å². The number of benzene rings is 2. The van der Waals surface area contributed by atoms with E-state index < -0.39 is 21.8 Å². The van der Waals surface area contributed by atoms with E-state index in [4.69, 9.17) is 0 Å². The number of sulfonamides is 1. The predicted molar refractivity (Wildman–Crippen MR) is 112 cm³/mol. The van der Waals surface area contributed by atoms with Crippen molar-refractivity contribution in [3.8, 4) is 0 Å². The van der Waals surface area contributed by atoms with Gasteiger partial charge in [0, 0.05) is 19.0 Å². The average molecular weight is 429 g/mol. The van der Waals surface area contributed by atoms with Crippen LogP contribution in [0.15, 0.2) is 53.4 Å². The van der Waals surface area contributed by atoms with Crippen LogP contribution in [0.5, 0.6) is 0 Å². The van der Waals surface area contributed by atoms with Crippen LogP contribution in [0, 0.1) is 0 Å². The van der Waals surface area contributed by atoms with E-state index in [1.54, 1.807) is 36.4 Å². The normalized spacial score (nSPS) is 15.4. The lowest BCUT2D eigenvalue weighted by Crippen LogP contribution is -2.34. The molecule has 0 bridgehead atoms. The number of amides is 3. The first-order valence-electron chi connectivity index (χ1n) is 9.61. The quantitative estimate of drug-likeness (QED) is 0.702. The van der Waals surface area contributed by atoms with Gasteiger partial charge in [-0.2, -0.15) is 0 Å². The summed E-state index contributed by atoms with van der Waals surface area (Å²) in [6, 6.07) is 12.5. The molecule has 30 heavy (non-hydrogen) atoms. The lowest BCUT2D eigenvalue weighted by molar-refractivity contribution is -0.116. The van der Waals surface area contributed by atoms with E-state index in [2.05, 4.69) is 10.6 Å². The molecule has 0 fully saturated rings. The Morgan fingerprint density at radius 2 is 1.73 bits per heavy atom. The van der Waals surface area contributed by atoms with Gasteiger partial charge in [-0.3, -0.25) is 14.4 Å². The fourth-order valence-electron chi connectivity index (χ4n) is 3.06. The minimum atomic E-state index is -3.96. The Balaban J connectivity index is 1.68. The monoisotopic (exact) mass is 429 g/mol. The fraction of sp³-hybridized carbons (Fsp3) is 0.286. The maximum absolute atomic E-state index is 12.6. The van der Waals surface area contributed by atoms with E-state index in [1.807, 2.05) is 13.8 Å². The van der Waals surface area contributed by atoms with Gasteiger partial charge in [0.1, 0.15) is 4.90 Å². The number of para-hydroxylation sites is 1. The summed E-state index contributed by atoms with van der Waals surface area (Å²) < 4.78 is 25.8. The number of nitrogens with zero attached hydrogens (tertiary/aromatic N) is 1. The third-order valence-electron chi connectivity index (χ3n) is 4.89.